The van der Waals surface area contributed by atoms with E-state index in [1.54, 1.807) is 6.26 Å². The van der Waals surface area contributed by atoms with Crippen molar-refractivity contribution >= 4 is 0 Å². The normalized spacial score (nSPS) is 12.6. The highest BCUT2D eigenvalue weighted by molar-refractivity contribution is 5.41. The zero-order valence-corrected chi connectivity index (χ0v) is 13.0. The number of nitrogens with one attached hydrogen (secondary N) is 1. The second-order valence-corrected chi connectivity index (χ2v) is 5.16. The van der Waals surface area contributed by atoms with Crippen LogP contribution in [0.25, 0.3) is 0 Å². The van der Waals surface area contributed by atoms with Gasteiger partial charge in [-0.25, -0.2) is 0 Å². The van der Waals surface area contributed by atoms with Crippen LogP contribution in [0.4, 0.5) is 0 Å². The second kappa shape index (κ2) is 6.76. The first-order valence-electron chi connectivity index (χ1n) is 7.60. The number of hydrogen-bond donors (Lipinski definition) is 1. The summed E-state index contributed by atoms with van der Waals surface area (Å²) in [5.74, 6) is 1.000. The Bertz CT molecular complexity index is 556. The number of rotatable bonds is 6. The summed E-state index contributed by atoms with van der Waals surface area (Å²) >= 11 is 0. The van der Waals surface area contributed by atoms with Crippen molar-refractivity contribution in [1.82, 2.24) is 5.32 Å². The van der Waals surface area contributed by atoms with E-state index in [-0.39, 0.29) is 6.04 Å². The average Bonchev–Trinajstić information content (AvgIpc) is 2.90. The SMILES string of the molecule is CCNC(c1cc(CC)ccc1CC)c1ccoc1C. The molecule has 2 nitrogen and oxygen atoms in total. The van der Waals surface area contributed by atoms with Gasteiger partial charge in [0.2, 0.25) is 0 Å². The fraction of sp³-hybridized carbons (Fsp3) is 0.444. The van der Waals surface area contributed by atoms with E-state index in [9.17, 15) is 0 Å². The molecule has 1 aromatic carbocycles. The van der Waals surface area contributed by atoms with Crippen LogP contribution in [0, 0.1) is 6.92 Å². The first-order chi connectivity index (χ1) is 9.71. The van der Waals surface area contributed by atoms with Crippen LogP contribution in [-0.4, -0.2) is 6.54 Å². The average molecular weight is 271 g/mol. The molecule has 2 aromatic rings. The van der Waals surface area contributed by atoms with Crippen LogP contribution in [0.5, 0.6) is 0 Å². The molecule has 1 N–H and O–H groups in total. The smallest absolute Gasteiger partial charge is 0.105 e. The summed E-state index contributed by atoms with van der Waals surface area (Å²) in [5.41, 5.74) is 5.43. The fourth-order valence-electron chi connectivity index (χ4n) is 2.74. The summed E-state index contributed by atoms with van der Waals surface area (Å²) in [7, 11) is 0. The second-order valence-electron chi connectivity index (χ2n) is 5.16. The van der Waals surface area contributed by atoms with Gasteiger partial charge in [-0.3, -0.25) is 0 Å². The molecule has 0 aliphatic rings. The Morgan fingerprint density at radius 3 is 2.40 bits per heavy atom. The highest BCUT2D eigenvalue weighted by Crippen LogP contribution is 2.29. The lowest BCUT2D eigenvalue weighted by molar-refractivity contribution is 0.519. The molecule has 108 valence electrons. The molecule has 0 aliphatic heterocycles. The number of hydrogen-bond acceptors (Lipinski definition) is 2. The summed E-state index contributed by atoms with van der Waals surface area (Å²) in [6.45, 7) is 9.55. The molecule has 1 aromatic heterocycles. The van der Waals surface area contributed by atoms with Gasteiger partial charge in [-0.2, -0.15) is 0 Å². The molecule has 0 radical (unpaired) electrons. The zero-order valence-electron chi connectivity index (χ0n) is 13.0. The van der Waals surface area contributed by atoms with Crippen LogP contribution in [-0.2, 0) is 12.8 Å². The van der Waals surface area contributed by atoms with Crippen molar-refractivity contribution in [3.05, 3.63) is 58.5 Å². The van der Waals surface area contributed by atoms with E-state index in [1.165, 1.54) is 22.3 Å². The van der Waals surface area contributed by atoms with E-state index >= 15 is 0 Å². The molecule has 0 bridgehead atoms. The van der Waals surface area contributed by atoms with E-state index in [0.717, 1.165) is 25.1 Å². The van der Waals surface area contributed by atoms with Crippen molar-refractivity contribution in [2.45, 2.75) is 46.6 Å². The summed E-state index contributed by atoms with van der Waals surface area (Å²) in [6.07, 6.45) is 3.91. The largest absolute Gasteiger partial charge is 0.469 e. The zero-order chi connectivity index (χ0) is 14.5. The van der Waals surface area contributed by atoms with Crippen LogP contribution in [0.15, 0.2) is 34.9 Å². The molecule has 0 saturated carbocycles. The van der Waals surface area contributed by atoms with Crippen LogP contribution in [0.3, 0.4) is 0 Å². The fourth-order valence-corrected chi connectivity index (χ4v) is 2.74. The summed E-state index contributed by atoms with van der Waals surface area (Å²) < 4.78 is 5.50. The molecule has 2 rings (SSSR count). The lowest BCUT2D eigenvalue weighted by atomic mass is 9.91. The number of aryl methyl sites for hydroxylation is 3. The Morgan fingerprint density at radius 1 is 1.05 bits per heavy atom. The van der Waals surface area contributed by atoms with Crippen molar-refractivity contribution in [3.8, 4) is 0 Å². The molecule has 0 amide bonds. The Hall–Kier alpha value is -1.54. The molecule has 2 heteroatoms. The predicted molar refractivity (Wildman–Crippen MR) is 84.2 cm³/mol. The van der Waals surface area contributed by atoms with Gasteiger partial charge in [-0.15, -0.1) is 0 Å². The standard InChI is InChI=1S/C18H25NO/c1-5-14-8-9-15(6-2)17(12-14)18(19-7-3)16-10-11-20-13(16)4/h8-12,18-19H,5-7H2,1-4H3. The van der Waals surface area contributed by atoms with Gasteiger partial charge in [-0.05, 0) is 49.1 Å². The van der Waals surface area contributed by atoms with Crippen LogP contribution in [0.1, 0.15) is 54.8 Å². The van der Waals surface area contributed by atoms with Gasteiger partial charge in [0.05, 0.1) is 12.3 Å². The minimum absolute atomic E-state index is 0.222. The molecule has 20 heavy (non-hydrogen) atoms. The molecule has 1 atom stereocenters. The summed E-state index contributed by atoms with van der Waals surface area (Å²) in [5, 5.41) is 3.61. The van der Waals surface area contributed by atoms with Crippen LogP contribution in [0.2, 0.25) is 0 Å². The predicted octanol–water partition coefficient (Wildman–Crippen LogP) is 4.41. The molecule has 0 aliphatic carbocycles. The lowest BCUT2D eigenvalue weighted by Crippen LogP contribution is -2.23. The van der Waals surface area contributed by atoms with E-state index in [0.29, 0.717) is 0 Å². The quantitative estimate of drug-likeness (QED) is 0.841. The van der Waals surface area contributed by atoms with Crippen LogP contribution < -0.4 is 5.32 Å². The number of benzene rings is 1. The Kier molecular flexibility index (Phi) is 5.02. The third-order valence-electron chi connectivity index (χ3n) is 3.93. The molecule has 0 saturated heterocycles. The maximum absolute atomic E-state index is 5.50. The van der Waals surface area contributed by atoms with Gasteiger partial charge in [0, 0.05) is 5.56 Å². The highest BCUT2D eigenvalue weighted by Gasteiger charge is 2.19. The molecular formula is C18H25NO. The molecule has 0 fully saturated rings. The Morgan fingerprint density at radius 2 is 1.85 bits per heavy atom. The van der Waals surface area contributed by atoms with E-state index in [2.05, 4.69) is 50.4 Å². The van der Waals surface area contributed by atoms with Crippen molar-refractivity contribution in [2.24, 2.45) is 0 Å². The minimum Gasteiger partial charge on any atom is -0.469 e. The maximum Gasteiger partial charge on any atom is 0.105 e. The van der Waals surface area contributed by atoms with Crippen molar-refractivity contribution in [2.75, 3.05) is 6.54 Å². The maximum atomic E-state index is 5.50. The Labute approximate surface area is 122 Å². The van der Waals surface area contributed by atoms with Gasteiger partial charge in [0.15, 0.2) is 0 Å². The molecular weight excluding hydrogens is 246 g/mol. The van der Waals surface area contributed by atoms with Gasteiger partial charge in [-0.1, -0.05) is 39.0 Å². The monoisotopic (exact) mass is 271 g/mol. The van der Waals surface area contributed by atoms with Crippen molar-refractivity contribution < 1.29 is 4.42 Å². The topological polar surface area (TPSA) is 25.2 Å². The first-order valence-corrected chi connectivity index (χ1v) is 7.60. The van der Waals surface area contributed by atoms with E-state index < -0.39 is 0 Å². The van der Waals surface area contributed by atoms with Gasteiger partial charge in [0.25, 0.3) is 0 Å². The third kappa shape index (κ3) is 2.96. The summed E-state index contributed by atoms with van der Waals surface area (Å²) in [6, 6.07) is 9.17. The number of furan rings is 1. The first kappa shape index (κ1) is 14.9. The van der Waals surface area contributed by atoms with Crippen molar-refractivity contribution in [3.63, 3.8) is 0 Å². The lowest BCUT2D eigenvalue weighted by Gasteiger charge is -2.22. The summed E-state index contributed by atoms with van der Waals surface area (Å²) in [4.78, 5) is 0. The van der Waals surface area contributed by atoms with Crippen molar-refractivity contribution in [1.29, 1.82) is 0 Å². The third-order valence-corrected chi connectivity index (χ3v) is 3.93. The molecule has 1 heterocycles. The van der Waals surface area contributed by atoms with Gasteiger partial charge < -0.3 is 9.73 Å². The molecule has 0 spiro atoms. The van der Waals surface area contributed by atoms with Gasteiger partial charge in [0.1, 0.15) is 5.76 Å². The van der Waals surface area contributed by atoms with E-state index in [4.69, 9.17) is 4.42 Å². The Balaban J connectivity index is 2.50. The minimum atomic E-state index is 0.222. The molecule has 1 unspecified atom stereocenters. The van der Waals surface area contributed by atoms with Crippen LogP contribution >= 0.6 is 0 Å². The van der Waals surface area contributed by atoms with E-state index in [1.807, 2.05) is 6.92 Å². The van der Waals surface area contributed by atoms with Gasteiger partial charge >= 0.3 is 0 Å². The highest BCUT2D eigenvalue weighted by atomic mass is 16.3.